The minimum Gasteiger partial charge on any atom is -0.497 e. The van der Waals surface area contributed by atoms with Gasteiger partial charge in [-0.1, -0.05) is 23.7 Å². The molecule has 0 N–H and O–H groups in total. The van der Waals surface area contributed by atoms with Crippen LogP contribution in [0.5, 0.6) is 5.75 Å². The molecular weight excluding hydrogens is 386 g/mol. The lowest BCUT2D eigenvalue weighted by atomic mass is 9.94. The number of aromatic nitrogens is 1. The molecule has 0 unspecified atom stereocenters. The standard InChI is InChI=1S/C24H22ClNO3/c1-5-29-24(27)18-13-19(15-6-8-16(25)9-7-15)22-20-12-17(28-4)10-11-21(20)26(3)23(22)14(18)2/h6-13H,5H2,1-4H3. The second-order valence-corrected chi connectivity index (χ2v) is 7.43. The van der Waals surface area contributed by atoms with E-state index < -0.39 is 0 Å². The molecule has 0 radical (unpaired) electrons. The average Bonchev–Trinajstić information content (AvgIpc) is 3.02. The van der Waals surface area contributed by atoms with Gasteiger partial charge in [0.2, 0.25) is 0 Å². The fourth-order valence-electron chi connectivity index (χ4n) is 3.99. The first-order valence-electron chi connectivity index (χ1n) is 9.49. The summed E-state index contributed by atoms with van der Waals surface area (Å²) in [6.45, 7) is 4.12. The third-order valence-corrected chi connectivity index (χ3v) is 5.63. The van der Waals surface area contributed by atoms with Crippen molar-refractivity contribution in [3.63, 3.8) is 0 Å². The molecule has 4 aromatic rings. The number of aryl methyl sites for hydroxylation is 2. The minimum absolute atomic E-state index is 0.315. The molecule has 0 aliphatic rings. The Morgan fingerprint density at radius 3 is 2.48 bits per heavy atom. The van der Waals surface area contributed by atoms with Crippen LogP contribution >= 0.6 is 11.6 Å². The van der Waals surface area contributed by atoms with Crippen molar-refractivity contribution in [2.75, 3.05) is 13.7 Å². The maximum absolute atomic E-state index is 12.7. The Kier molecular flexibility index (Phi) is 4.97. The largest absolute Gasteiger partial charge is 0.497 e. The summed E-state index contributed by atoms with van der Waals surface area (Å²) in [5.41, 5.74) is 5.49. The molecule has 148 valence electrons. The maximum Gasteiger partial charge on any atom is 0.338 e. The highest BCUT2D eigenvalue weighted by Crippen LogP contribution is 2.41. The maximum atomic E-state index is 12.7. The van der Waals surface area contributed by atoms with Gasteiger partial charge in [0.1, 0.15) is 5.75 Å². The minimum atomic E-state index is -0.315. The van der Waals surface area contributed by atoms with Crippen LogP contribution in [-0.2, 0) is 11.8 Å². The molecule has 1 aromatic heterocycles. The first kappa shape index (κ1) is 19.3. The number of esters is 1. The van der Waals surface area contributed by atoms with Crippen molar-refractivity contribution in [1.29, 1.82) is 0 Å². The van der Waals surface area contributed by atoms with E-state index >= 15 is 0 Å². The van der Waals surface area contributed by atoms with Crippen molar-refractivity contribution in [2.45, 2.75) is 13.8 Å². The summed E-state index contributed by atoms with van der Waals surface area (Å²) < 4.78 is 12.9. The van der Waals surface area contributed by atoms with Gasteiger partial charge in [0.15, 0.2) is 0 Å². The molecule has 0 spiro atoms. The van der Waals surface area contributed by atoms with Gasteiger partial charge in [-0.2, -0.15) is 0 Å². The van der Waals surface area contributed by atoms with E-state index in [0.717, 1.165) is 44.2 Å². The third-order valence-electron chi connectivity index (χ3n) is 5.37. The first-order chi connectivity index (χ1) is 14.0. The number of fused-ring (bicyclic) bond motifs is 3. The van der Waals surface area contributed by atoms with Crippen molar-refractivity contribution < 1.29 is 14.3 Å². The highest BCUT2D eigenvalue weighted by atomic mass is 35.5. The van der Waals surface area contributed by atoms with Crippen molar-refractivity contribution in [1.82, 2.24) is 4.57 Å². The summed E-state index contributed by atoms with van der Waals surface area (Å²) in [5.74, 6) is 0.476. The SMILES string of the molecule is CCOC(=O)c1cc(-c2ccc(Cl)cc2)c2c3cc(OC)ccc3n(C)c2c1C. The zero-order valence-corrected chi connectivity index (χ0v) is 17.6. The van der Waals surface area contributed by atoms with Gasteiger partial charge < -0.3 is 14.0 Å². The second kappa shape index (κ2) is 7.45. The molecule has 0 fully saturated rings. The number of nitrogens with zero attached hydrogens (tertiary/aromatic N) is 1. The second-order valence-electron chi connectivity index (χ2n) is 6.99. The molecule has 0 aliphatic heterocycles. The van der Waals surface area contributed by atoms with Gasteiger partial charge in [0, 0.05) is 28.4 Å². The monoisotopic (exact) mass is 407 g/mol. The molecule has 0 amide bonds. The normalized spacial score (nSPS) is 11.2. The van der Waals surface area contributed by atoms with Gasteiger partial charge in [0.05, 0.1) is 24.8 Å². The Labute approximate surface area is 174 Å². The molecule has 4 rings (SSSR count). The molecule has 0 bridgehead atoms. The van der Waals surface area contributed by atoms with Gasteiger partial charge in [-0.05, 0) is 66.9 Å². The van der Waals surface area contributed by atoms with E-state index in [1.165, 1.54) is 0 Å². The van der Waals surface area contributed by atoms with Crippen molar-refractivity contribution >= 4 is 39.4 Å². The van der Waals surface area contributed by atoms with Gasteiger partial charge in [-0.25, -0.2) is 4.79 Å². The van der Waals surface area contributed by atoms with E-state index in [-0.39, 0.29) is 5.97 Å². The number of hydrogen-bond donors (Lipinski definition) is 0. The first-order valence-corrected chi connectivity index (χ1v) is 9.86. The smallest absolute Gasteiger partial charge is 0.338 e. The Morgan fingerprint density at radius 1 is 1.10 bits per heavy atom. The lowest BCUT2D eigenvalue weighted by Crippen LogP contribution is -2.08. The van der Waals surface area contributed by atoms with Crippen LogP contribution in [-0.4, -0.2) is 24.3 Å². The van der Waals surface area contributed by atoms with Gasteiger partial charge in [0.25, 0.3) is 0 Å². The van der Waals surface area contributed by atoms with E-state index in [1.807, 2.05) is 69.4 Å². The summed E-state index contributed by atoms with van der Waals surface area (Å²) in [5, 5.41) is 2.82. The third kappa shape index (κ3) is 3.14. The Bertz CT molecular complexity index is 1240. The highest BCUT2D eigenvalue weighted by molar-refractivity contribution is 6.30. The fourth-order valence-corrected chi connectivity index (χ4v) is 4.12. The molecule has 0 atom stereocenters. The molecule has 4 nitrogen and oxygen atoms in total. The number of hydrogen-bond acceptors (Lipinski definition) is 3. The van der Waals surface area contributed by atoms with E-state index in [1.54, 1.807) is 7.11 Å². The fraction of sp³-hybridized carbons (Fsp3) is 0.208. The van der Waals surface area contributed by atoms with E-state index in [4.69, 9.17) is 21.1 Å². The predicted octanol–water partition coefficient (Wildman–Crippen LogP) is 6.15. The molecular formula is C24H22ClNO3. The molecule has 0 saturated carbocycles. The van der Waals surface area contributed by atoms with Crippen LogP contribution in [0.2, 0.25) is 5.02 Å². The van der Waals surface area contributed by atoms with Crippen LogP contribution in [0.4, 0.5) is 0 Å². The summed E-state index contributed by atoms with van der Waals surface area (Å²) in [4.78, 5) is 12.7. The summed E-state index contributed by atoms with van der Waals surface area (Å²) >= 11 is 6.11. The number of benzene rings is 3. The molecule has 0 aliphatic carbocycles. The van der Waals surface area contributed by atoms with Crippen LogP contribution in [0.15, 0.2) is 48.5 Å². The van der Waals surface area contributed by atoms with E-state index in [0.29, 0.717) is 17.2 Å². The zero-order valence-electron chi connectivity index (χ0n) is 16.9. The van der Waals surface area contributed by atoms with Crippen molar-refractivity contribution in [3.8, 4) is 16.9 Å². The van der Waals surface area contributed by atoms with Crippen LogP contribution in [0.25, 0.3) is 32.9 Å². The quantitative estimate of drug-likeness (QED) is 0.381. The molecule has 0 saturated heterocycles. The van der Waals surface area contributed by atoms with Crippen molar-refractivity contribution in [3.05, 3.63) is 64.7 Å². The van der Waals surface area contributed by atoms with Gasteiger partial charge >= 0.3 is 5.97 Å². The molecule has 3 aromatic carbocycles. The molecule has 1 heterocycles. The number of halogens is 1. The number of carbonyl (C=O) groups excluding carboxylic acids is 1. The lowest BCUT2D eigenvalue weighted by molar-refractivity contribution is 0.0525. The number of rotatable bonds is 4. The average molecular weight is 408 g/mol. The Morgan fingerprint density at radius 2 is 1.83 bits per heavy atom. The number of carbonyl (C=O) groups is 1. The topological polar surface area (TPSA) is 40.5 Å². The molecule has 5 heteroatoms. The van der Waals surface area contributed by atoms with Gasteiger partial charge in [-0.15, -0.1) is 0 Å². The van der Waals surface area contributed by atoms with E-state index in [2.05, 4.69) is 4.57 Å². The number of ether oxygens (including phenoxy) is 2. The van der Waals surface area contributed by atoms with Crippen LogP contribution in [0.1, 0.15) is 22.8 Å². The van der Waals surface area contributed by atoms with Crippen LogP contribution < -0.4 is 4.74 Å². The molecule has 29 heavy (non-hydrogen) atoms. The summed E-state index contributed by atoms with van der Waals surface area (Å²) in [6, 6.07) is 15.6. The summed E-state index contributed by atoms with van der Waals surface area (Å²) in [7, 11) is 3.68. The van der Waals surface area contributed by atoms with E-state index in [9.17, 15) is 4.79 Å². The highest BCUT2D eigenvalue weighted by Gasteiger charge is 2.22. The Balaban J connectivity index is 2.17. The van der Waals surface area contributed by atoms with Gasteiger partial charge in [-0.3, -0.25) is 0 Å². The number of methoxy groups -OCH3 is 1. The van der Waals surface area contributed by atoms with Crippen molar-refractivity contribution in [2.24, 2.45) is 7.05 Å². The van der Waals surface area contributed by atoms with Crippen LogP contribution in [0.3, 0.4) is 0 Å². The summed E-state index contributed by atoms with van der Waals surface area (Å²) in [6.07, 6.45) is 0. The van der Waals surface area contributed by atoms with Crippen LogP contribution in [0, 0.1) is 6.92 Å². The zero-order chi connectivity index (χ0) is 20.7. The lowest BCUT2D eigenvalue weighted by Gasteiger charge is -2.13. The predicted molar refractivity (Wildman–Crippen MR) is 118 cm³/mol. The Hall–Kier alpha value is -2.98.